The summed E-state index contributed by atoms with van der Waals surface area (Å²) in [4.78, 5) is 24.6. The van der Waals surface area contributed by atoms with E-state index in [1.165, 1.54) is 0 Å². The Balaban J connectivity index is 1.84. The van der Waals surface area contributed by atoms with Crippen LogP contribution in [0.2, 0.25) is 0 Å². The van der Waals surface area contributed by atoms with Gasteiger partial charge in [0.2, 0.25) is 5.91 Å². The first-order valence-corrected chi connectivity index (χ1v) is 9.51. The van der Waals surface area contributed by atoms with E-state index in [1.807, 2.05) is 58.0 Å². The van der Waals surface area contributed by atoms with Crippen LogP contribution < -0.4 is 15.6 Å². The highest BCUT2D eigenvalue weighted by Gasteiger charge is 2.17. The van der Waals surface area contributed by atoms with Crippen LogP contribution in [0.15, 0.2) is 40.9 Å². The third-order valence-electron chi connectivity index (χ3n) is 4.55. The number of nitrogens with one attached hydrogen (secondary N) is 2. The average Bonchev–Trinajstić information content (AvgIpc) is 3.00. The number of nitrogens with zero attached hydrogens (tertiary/aromatic N) is 1. The molecule has 1 heterocycles. The number of fused-ring (bicyclic) bond motifs is 1. The molecule has 0 saturated heterocycles. The van der Waals surface area contributed by atoms with Crippen molar-refractivity contribution < 1.29 is 18.8 Å². The van der Waals surface area contributed by atoms with E-state index in [9.17, 15) is 9.59 Å². The lowest BCUT2D eigenvalue weighted by molar-refractivity contribution is -0.122. The Morgan fingerprint density at radius 2 is 1.79 bits per heavy atom. The van der Waals surface area contributed by atoms with Crippen LogP contribution in [-0.4, -0.2) is 17.0 Å². The summed E-state index contributed by atoms with van der Waals surface area (Å²) < 4.78 is 11.1. The lowest BCUT2D eigenvalue weighted by atomic mass is 10.1. The summed E-state index contributed by atoms with van der Waals surface area (Å²) in [6, 6.07) is 11.3. The molecule has 1 aromatic heterocycles. The van der Waals surface area contributed by atoms with Crippen molar-refractivity contribution in [3.05, 3.63) is 59.0 Å². The molecule has 3 rings (SSSR count). The largest absolute Gasteiger partial charge is 0.488 e. The smallest absolute Gasteiger partial charge is 0.273 e. The van der Waals surface area contributed by atoms with Gasteiger partial charge in [0.25, 0.3) is 5.91 Å². The maximum absolute atomic E-state index is 12.8. The third-order valence-corrected chi connectivity index (χ3v) is 4.55. The Kier molecular flexibility index (Phi) is 6.16. The average molecular weight is 395 g/mol. The molecule has 0 atom stereocenters. The molecular formula is C22H25N3O4. The Morgan fingerprint density at radius 1 is 1.10 bits per heavy atom. The van der Waals surface area contributed by atoms with Crippen LogP contribution in [0.25, 0.3) is 10.8 Å². The number of amides is 2. The minimum Gasteiger partial charge on any atom is -0.488 e. The van der Waals surface area contributed by atoms with Gasteiger partial charge in [-0.2, -0.15) is 0 Å². The predicted molar refractivity (Wildman–Crippen MR) is 109 cm³/mol. The molecule has 29 heavy (non-hydrogen) atoms. The molecule has 0 radical (unpaired) electrons. The highest BCUT2D eigenvalue weighted by Crippen LogP contribution is 2.27. The maximum Gasteiger partial charge on any atom is 0.273 e. The summed E-state index contributed by atoms with van der Waals surface area (Å²) >= 11 is 0. The van der Waals surface area contributed by atoms with E-state index in [1.54, 1.807) is 6.07 Å². The van der Waals surface area contributed by atoms with Gasteiger partial charge in [-0.25, -0.2) is 0 Å². The van der Waals surface area contributed by atoms with Crippen molar-refractivity contribution in [2.24, 2.45) is 5.92 Å². The second-order valence-corrected chi connectivity index (χ2v) is 7.39. The molecule has 152 valence electrons. The first kappa shape index (κ1) is 20.4. The van der Waals surface area contributed by atoms with Gasteiger partial charge in [0.15, 0.2) is 0 Å². The van der Waals surface area contributed by atoms with Crippen molar-refractivity contribution >= 4 is 22.6 Å². The van der Waals surface area contributed by atoms with Gasteiger partial charge >= 0.3 is 0 Å². The van der Waals surface area contributed by atoms with Gasteiger partial charge in [-0.1, -0.05) is 43.3 Å². The number of aryl methyl sites for hydroxylation is 2. The Labute approximate surface area is 169 Å². The Morgan fingerprint density at radius 3 is 2.41 bits per heavy atom. The lowest BCUT2D eigenvalue weighted by Gasteiger charge is -2.14. The molecular weight excluding hydrogens is 370 g/mol. The van der Waals surface area contributed by atoms with Gasteiger partial charge in [0.05, 0.1) is 16.8 Å². The quantitative estimate of drug-likeness (QED) is 0.619. The zero-order valence-electron chi connectivity index (χ0n) is 17.0. The zero-order chi connectivity index (χ0) is 21.0. The summed E-state index contributed by atoms with van der Waals surface area (Å²) in [6.45, 7) is 7.75. The van der Waals surface area contributed by atoms with Crippen LogP contribution in [-0.2, 0) is 11.4 Å². The molecule has 2 aromatic carbocycles. The van der Waals surface area contributed by atoms with Crippen LogP contribution in [0.3, 0.4) is 0 Å². The van der Waals surface area contributed by atoms with Gasteiger partial charge in [0, 0.05) is 6.42 Å². The van der Waals surface area contributed by atoms with Gasteiger partial charge in [-0.15, -0.1) is 0 Å². The van der Waals surface area contributed by atoms with E-state index in [0.717, 1.165) is 22.0 Å². The molecule has 0 saturated carbocycles. The molecule has 7 nitrogen and oxygen atoms in total. The molecule has 3 aromatic rings. The number of carbonyl (C=O) groups is 2. The predicted octanol–water partition coefficient (Wildman–Crippen LogP) is 3.83. The summed E-state index contributed by atoms with van der Waals surface area (Å²) in [5, 5.41) is 5.77. The molecule has 7 heteroatoms. The minimum absolute atomic E-state index is 0.196. The second-order valence-electron chi connectivity index (χ2n) is 7.39. The normalized spacial score (nSPS) is 10.9. The fourth-order valence-electron chi connectivity index (χ4n) is 2.99. The van der Waals surface area contributed by atoms with Crippen LogP contribution >= 0.6 is 0 Å². The molecule has 0 aliphatic carbocycles. The lowest BCUT2D eigenvalue weighted by Crippen LogP contribution is -2.42. The number of aromatic nitrogens is 1. The van der Waals surface area contributed by atoms with Crippen molar-refractivity contribution in [1.29, 1.82) is 0 Å². The summed E-state index contributed by atoms with van der Waals surface area (Å²) in [5.41, 5.74) is 6.85. The molecule has 0 fully saturated rings. The van der Waals surface area contributed by atoms with Gasteiger partial charge < -0.3 is 9.26 Å². The topological polar surface area (TPSA) is 93.5 Å². The van der Waals surface area contributed by atoms with Crippen LogP contribution in [0.4, 0.5) is 0 Å². The fraction of sp³-hybridized carbons (Fsp3) is 0.318. The molecule has 2 N–H and O–H groups in total. The molecule has 0 aliphatic heterocycles. The van der Waals surface area contributed by atoms with Crippen molar-refractivity contribution in [2.75, 3.05) is 0 Å². The first-order valence-electron chi connectivity index (χ1n) is 9.51. The molecule has 0 aliphatic rings. The Hall–Kier alpha value is -3.35. The van der Waals surface area contributed by atoms with Crippen molar-refractivity contribution in [3.8, 4) is 5.75 Å². The standard InChI is InChI=1S/C22H25N3O4/c1-13(2)9-21(26)23-24-22(27)18-10-16-7-5-6-8-17(16)11-20(18)28-12-19-14(3)25-29-15(19)4/h5-8,10-11,13H,9,12H2,1-4H3,(H,23,26)(H,24,27). The van der Waals surface area contributed by atoms with Crippen molar-refractivity contribution in [3.63, 3.8) is 0 Å². The summed E-state index contributed by atoms with van der Waals surface area (Å²) in [6.07, 6.45) is 0.327. The third kappa shape index (κ3) is 4.93. The number of rotatable bonds is 6. The van der Waals surface area contributed by atoms with E-state index in [-0.39, 0.29) is 18.4 Å². The summed E-state index contributed by atoms with van der Waals surface area (Å²) in [7, 11) is 0. The number of hydrogen-bond donors (Lipinski definition) is 2. The fourth-order valence-corrected chi connectivity index (χ4v) is 2.99. The van der Waals surface area contributed by atoms with Gasteiger partial charge in [-0.05, 0) is 42.7 Å². The first-order chi connectivity index (χ1) is 13.8. The zero-order valence-corrected chi connectivity index (χ0v) is 17.0. The van der Waals surface area contributed by atoms with Gasteiger partial charge in [0.1, 0.15) is 18.1 Å². The number of benzene rings is 2. The van der Waals surface area contributed by atoms with Crippen molar-refractivity contribution in [1.82, 2.24) is 16.0 Å². The van der Waals surface area contributed by atoms with Crippen LogP contribution in [0.1, 0.15) is 47.6 Å². The van der Waals surface area contributed by atoms with E-state index in [0.29, 0.717) is 23.5 Å². The number of hydrazine groups is 1. The SMILES string of the molecule is Cc1noc(C)c1COc1cc2ccccc2cc1C(=O)NNC(=O)CC(C)C. The maximum atomic E-state index is 12.8. The molecule has 0 bridgehead atoms. The van der Waals surface area contributed by atoms with Crippen molar-refractivity contribution in [2.45, 2.75) is 40.7 Å². The van der Waals surface area contributed by atoms with Crippen LogP contribution in [0, 0.1) is 19.8 Å². The molecule has 2 amide bonds. The highest BCUT2D eigenvalue weighted by molar-refractivity contribution is 6.02. The molecule has 0 spiro atoms. The molecule has 0 unspecified atom stereocenters. The summed E-state index contributed by atoms with van der Waals surface area (Å²) in [5.74, 6) is 0.602. The number of ether oxygens (including phenoxy) is 1. The highest BCUT2D eigenvalue weighted by atomic mass is 16.5. The van der Waals surface area contributed by atoms with E-state index < -0.39 is 5.91 Å². The number of carbonyl (C=O) groups excluding carboxylic acids is 2. The Bertz CT molecular complexity index is 1020. The van der Waals surface area contributed by atoms with E-state index in [4.69, 9.17) is 9.26 Å². The number of hydrogen-bond acceptors (Lipinski definition) is 5. The van der Waals surface area contributed by atoms with Crippen LogP contribution in [0.5, 0.6) is 5.75 Å². The van der Waals surface area contributed by atoms with E-state index in [2.05, 4.69) is 16.0 Å². The second kappa shape index (κ2) is 8.77. The minimum atomic E-state index is -0.443. The van der Waals surface area contributed by atoms with E-state index >= 15 is 0 Å². The van der Waals surface area contributed by atoms with Gasteiger partial charge in [-0.3, -0.25) is 20.4 Å². The monoisotopic (exact) mass is 395 g/mol.